The number of anilines is 1. The number of sulfone groups is 1. The van der Waals surface area contributed by atoms with Crippen LogP contribution in [0.5, 0.6) is 0 Å². The first-order chi connectivity index (χ1) is 8.40. The molecule has 0 amide bonds. The third-order valence-electron chi connectivity index (χ3n) is 2.52. The number of nitrogens with one attached hydrogen (secondary N) is 1. The van der Waals surface area contributed by atoms with E-state index in [4.69, 9.17) is 0 Å². The second-order valence-electron chi connectivity index (χ2n) is 4.10. The minimum Gasteiger partial charge on any atom is -0.372 e. The van der Waals surface area contributed by atoms with Gasteiger partial charge in [-0.1, -0.05) is 0 Å². The maximum Gasteiger partial charge on any atom is 0.163 e. The maximum atomic E-state index is 11.2. The summed E-state index contributed by atoms with van der Waals surface area (Å²) in [6.45, 7) is 2.08. The fourth-order valence-corrected chi connectivity index (χ4v) is 2.18. The van der Waals surface area contributed by atoms with E-state index in [-0.39, 0.29) is 5.75 Å². The Morgan fingerprint density at radius 1 is 1.39 bits per heavy atom. The highest BCUT2D eigenvalue weighted by molar-refractivity contribution is 7.90. The van der Waals surface area contributed by atoms with E-state index in [9.17, 15) is 8.42 Å². The number of rotatable bonds is 4. The van der Waals surface area contributed by atoms with Gasteiger partial charge in [0.1, 0.15) is 21.5 Å². The summed E-state index contributed by atoms with van der Waals surface area (Å²) in [7, 11) is -1.24. The molecule has 18 heavy (non-hydrogen) atoms. The van der Waals surface area contributed by atoms with Crippen LogP contribution in [-0.2, 0) is 16.4 Å². The molecular weight excluding hydrogens is 254 g/mol. The van der Waals surface area contributed by atoms with Crippen molar-refractivity contribution < 1.29 is 8.42 Å². The van der Waals surface area contributed by atoms with Crippen LogP contribution < -0.4 is 5.32 Å². The molecule has 0 saturated heterocycles. The number of fused-ring (bicyclic) bond motifs is 1. The molecule has 2 aromatic heterocycles. The third-order valence-corrected chi connectivity index (χ3v) is 3.44. The van der Waals surface area contributed by atoms with Crippen molar-refractivity contribution in [1.29, 1.82) is 0 Å². The number of aromatic nitrogens is 4. The Hall–Kier alpha value is -1.70. The van der Waals surface area contributed by atoms with Crippen molar-refractivity contribution in [3.63, 3.8) is 0 Å². The molecular formula is C10H15N5O2S. The minimum absolute atomic E-state index is 0.0434. The maximum absolute atomic E-state index is 11.2. The summed E-state index contributed by atoms with van der Waals surface area (Å²) in [5.74, 6) is 1.36. The van der Waals surface area contributed by atoms with Crippen LogP contribution in [-0.4, -0.2) is 47.2 Å². The van der Waals surface area contributed by atoms with Crippen molar-refractivity contribution in [2.45, 2.75) is 13.5 Å². The summed E-state index contributed by atoms with van der Waals surface area (Å²) in [5.41, 5.74) is 0.649. The molecule has 8 heteroatoms. The van der Waals surface area contributed by atoms with E-state index in [1.807, 2.05) is 0 Å². The van der Waals surface area contributed by atoms with E-state index in [1.54, 1.807) is 24.9 Å². The van der Waals surface area contributed by atoms with Gasteiger partial charge in [-0.05, 0) is 6.92 Å². The summed E-state index contributed by atoms with van der Waals surface area (Å²) in [6.07, 6.45) is 2.85. The molecule has 0 aliphatic rings. The Balaban J connectivity index is 2.44. The minimum atomic E-state index is -3.01. The van der Waals surface area contributed by atoms with Crippen LogP contribution >= 0.6 is 0 Å². The molecule has 0 atom stereocenters. The molecule has 0 aromatic carbocycles. The molecule has 0 aliphatic heterocycles. The van der Waals surface area contributed by atoms with Gasteiger partial charge in [-0.3, -0.25) is 0 Å². The first-order valence-corrected chi connectivity index (χ1v) is 7.52. The number of aryl methyl sites for hydroxylation is 2. The molecule has 98 valence electrons. The average molecular weight is 269 g/mol. The zero-order valence-electron chi connectivity index (χ0n) is 10.5. The van der Waals surface area contributed by atoms with Crippen LogP contribution in [0.25, 0.3) is 11.0 Å². The molecule has 0 aliphatic carbocycles. The lowest BCUT2D eigenvalue weighted by molar-refractivity contribution is 0.588. The molecule has 2 aromatic rings. The number of nitrogens with zero attached hydrogens (tertiary/aromatic N) is 4. The number of hydrogen-bond acceptors (Lipinski definition) is 6. The summed E-state index contributed by atoms with van der Waals surface area (Å²) in [5, 5.41) is 7.92. The first-order valence-electron chi connectivity index (χ1n) is 5.46. The van der Waals surface area contributed by atoms with Gasteiger partial charge in [-0.15, -0.1) is 0 Å². The van der Waals surface area contributed by atoms with Gasteiger partial charge in [-0.2, -0.15) is 5.10 Å². The lowest BCUT2D eigenvalue weighted by Crippen LogP contribution is -2.12. The van der Waals surface area contributed by atoms with Crippen LogP contribution in [0.2, 0.25) is 0 Å². The smallest absolute Gasteiger partial charge is 0.163 e. The summed E-state index contributed by atoms with van der Waals surface area (Å²) in [4.78, 5) is 8.55. The zero-order chi connectivity index (χ0) is 13.3. The van der Waals surface area contributed by atoms with Crippen molar-refractivity contribution >= 4 is 26.7 Å². The van der Waals surface area contributed by atoms with Gasteiger partial charge in [0.15, 0.2) is 5.65 Å². The third kappa shape index (κ3) is 2.58. The van der Waals surface area contributed by atoms with Gasteiger partial charge in [0.05, 0.1) is 23.9 Å². The Bertz CT molecular complexity index is 677. The van der Waals surface area contributed by atoms with Crippen molar-refractivity contribution in [1.82, 2.24) is 19.7 Å². The van der Waals surface area contributed by atoms with Gasteiger partial charge in [0.25, 0.3) is 0 Å². The molecule has 0 unspecified atom stereocenters. The Kier molecular flexibility index (Phi) is 3.20. The first kappa shape index (κ1) is 12.7. The molecule has 0 fully saturated rings. The van der Waals surface area contributed by atoms with Crippen molar-refractivity contribution in [3.05, 3.63) is 12.0 Å². The SMILES string of the molecule is CNc1nc(C)nc2c1cnn2CCS(C)(=O)=O. The summed E-state index contributed by atoms with van der Waals surface area (Å²) >= 11 is 0. The topological polar surface area (TPSA) is 89.8 Å². The Morgan fingerprint density at radius 2 is 2.11 bits per heavy atom. The van der Waals surface area contributed by atoms with E-state index in [0.717, 1.165) is 5.39 Å². The quantitative estimate of drug-likeness (QED) is 0.854. The fraction of sp³-hybridized carbons (Fsp3) is 0.500. The monoisotopic (exact) mass is 269 g/mol. The molecule has 0 spiro atoms. The molecule has 2 heterocycles. The van der Waals surface area contributed by atoms with E-state index >= 15 is 0 Å². The van der Waals surface area contributed by atoms with E-state index in [2.05, 4.69) is 20.4 Å². The van der Waals surface area contributed by atoms with Gasteiger partial charge in [0, 0.05) is 13.3 Å². The molecule has 0 saturated carbocycles. The van der Waals surface area contributed by atoms with Crippen molar-refractivity contribution in [3.8, 4) is 0 Å². The lowest BCUT2D eigenvalue weighted by Gasteiger charge is -2.04. The molecule has 1 N–H and O–H groups in total. The van der Waals surface area contributed by atoms with Gasteiger partial charge in [0.2, 0.25) is 0 Å². The van der Waals surface area contributed by atoms with Crippen LogP contribution in [0.15, 0.2) is 6.20 Å². The summed E-state index contributed by atoms with van der Waals surface area (Å²) < 4.78 is 23.9. The predicted molar refractivity (Wildman–Crippen MR) is 69.3 cm³/mol. The fourth-order valence-electron chi connectivity index (χ4n) is 1.67. The summed E-state index contributed by atoms with van der Waals surface area (Å²) in [6, 6.07) is 0. The largest absolute Gasteiger partial charge is 0.372 e. The van der Waals surface area contributed by atoms with Crippen molar-refractivity contribution in [2.75, 3.05) is 24.4 Å². The van der Waals surface area contributed by atoms with E-state index in [1.165, 1.54) is 6.26 Å². The van der Waals surface area contributed by atoms with Gasteiger partial charge >= 0.3 is 0 Å². The van der Waals surface area contributed by atoms with E-state index in [0.29, 0.717) is 23.8 Å². The number of hydrogen-bond donors (Lipinski definition) is 1. The second kappa shape index (κ2) is 4.52. The second-order valence-corrected chi connectivity index (χ2v) is 6.36. The van der Waals surface area contributed by atoms with Crippen LogP contribution in [0.4, 0.5) is 5.82 Å². The standard InChI is InChI=1S/C10H15N5O2S/c1-7-13-9(11-2)8-6-12-15(10(8)14-7)4-5-18(3,16)17/h6H,4-5H2,1-3H3,(H,11,13,14). The predicted octanol–water partition coefficient (Wildman–Crippen LogP) is 0.221. The molecule has 0 radical (unpaired) electrons. The molecule has 7 nitrogen and oxygen atoms in total. The highest BCUT2D eigenvalue weighted by Crippen LogP contribution is 2.19. The molecule has 2 rings (SSSR count). The Morgan fingerprint density at radius 3 is 2.72 bits per heavy atom. The van der Waals surface area contributed by atoms with Crippen LogP contribution in [0.1, 0.15) is 5.82 Å². The highest BCUT2D eigenvalue weighted by atomic mass is 32.2. The average Bonchev–Trinajstić information content (AvgIpc) is 2.67. The normalized spacial score (nSPS) is 11.9. The van der Waals surface area contributed by atoms with Gasteiger partial charge in [-0.25, -0.2) is 23.1 Å². The van der Waals surface area contributed by atoms with Crippen molar-refractivity contribution in [2.24, 2.45) is 0 Å². The van der Waals surface area contributed by atoms with Gasteiger partial charge < -0.3 is 5.32 Å². The lowest BCUT2D eigenvalue weighted by atomic mass is 10.4. The zero-order valence-corrected chi connectivity index (χ0v) is 11.3. The highest BCUT2D eigenvalue weighted by Gasteiger charge is 2.12. The van der Waals surface area contributed by atoms with E-state index < -0.39 is 9.84 Å². The Labute approximate surface area is 105 Å². The molecule has 0 bridgehead atoms. The van der Waals surface area contributed by atoms with Crippen LogP contribution in [0, 0.1) is 6.92 Å². The van der Waals surface area contributed by atoms with Crippen LogP contribution in [0.3, 0.4) is 0 Å².